The monoisotopic (exact) mass is 295 g/mol. The molecule has 5 nitrogen and oxygen atoms in total. The van der Waals surface area contributed by atoms with E-state index in [9.17, 15) is 5.11 Å². The quantitative estimate of drug-likeness (QED) is 0.877. The van der Waals surface area contributed by atoms with E-state index in [1.807, 2.05) is 4.68 Å². The Bertz CT molecular complexity index is 466. The second-order valence-corrected chi connectivity index (χ2v) is 6.44. The second kappa shape index (κ2) is 6.36. The zero-order valence-electron chi connectivity index (χ0n) is 14.0. The van der Waals surface area contributed by atoms with Crippen molar-refractivity contribution in [1.29, 1.82) is 0 Å². The van der Waals surface area contributed by atoms with Crippen LogP contribution in [0.5, 0.6) is 5.75 Å². The average molecular weight is 295 g/mol. The van der Waals surface area contributed by atoms with E-state index in [1.165, 1.54) is 12.8 Å². The molecule has 1 aliphatic heterocycles. The van der Waals surface area contributed by atoms with Crippen molar-refractivity contribution in [3.63, 3.8) is 0 Å². The Balaban J connectivity index is 2.41. The molecular formula is C16H29N3O2. The number of nitrogens with zero attached hydrogens (tertiary/aromatic N) is 3. The smallest absolute Gasteiger partial charge is 0.162 e. The van der Waals surface area contributed by atoms with Gasteiger partial charge in [0.1, 0.15) is 11.8 Å². The van der Waals surface area contributed by atoms with Crippen LogP contribution in [0.15, 0.2) is 6.20 Å². The van der Waals surface area contributed by atoms with E-state index in [2.05, 4.69) is 37.7 Å². The molecule has 0 amide bonds. The third-order valence-corrected chi connectivity index (χ3v) is 4.90. The van der Waals surface area contributed by atoms with Gasteiger partial charge in [-0.2, -0.15) is 5.10 Å². The van der Waals surface area contributed by atoms with Gasteiger partial charge in [-0.1, -0.05) is 6.92 Å². The van der Waals surface area contributed by atoms with Gasteiger partial charge in [0.15, 0.2) is 5.75 Å². The van der Waals surface area contributed by atoms with Gasteiger partial charge in [0, 0.05) is 11.6 Å². The highest BCUT2D eigenvalue weighted by atomic mass is 16.5. The van der Waals surface area contributed by atoms with Crippen LogP contribution in [-0.2, 0) is 0 Å². The Morgan fingerprint density at radius 3 is 2.48 bits per heavy atom. The third-order valence-electron chi connectivity index (χ3n) is 4.90. The van der Waals surface area contributed by atoms with Gasteiger partial charge in [-0.05, 0) is 53.1 Å². The van der Waals surface area contributed by atoms with Crippen molar-refractivity contribution in [2.45, 2.75) is 64.6 Å². The van der Waals surface area contributed by atoms with E-state index in [0.29, 0.717) is 5.75 Å². The molecule has 2 unspecified atom stereocenters. The van der Waals surface area contributed by atoms with Gasteiger partial charge < -0.3 is 9.84 Å². The van der Waals surface area contributed by atoms with Gasteiger partial charge >= 0.3 is 0 Å². The molecule has 2 rings (SSSR count). The molecule has 0 saturated carbocycles. The summed E-state index contributed by atoms with van der Waals surface area (Å²) in [4.78, 5) is 2.41. The Kier molecular flexibility index (Phi) is 4.94. The molecule has 21 heavy (non-hydrogen) atoms. The lowest BCUT2D eigenvalue weighted by molar-refractivity contribution is -0.0204. The number of aromatic nitrogens is 2. The molecule has 0 bridgehead atoms. The molecule has 1 N–H and O–H groups in total. The van der Waals surface area contributed by atoms with E-state index in [4.69, 9.17) is 4.74 Å². The largest absolute Gasteiger partial charge is 0.493 e. The Morgan fingerprint density at radius 2 is 2.00 bits per heavy atom. The minimum absolute atomic E-state index is 0.193. The van der Waals surface area contributed by atoms with Crippen LogP contribution in [0.3, 0.4) is 0 Å². The van der Waals surface area contributed by atoms with Crippen molar-refractivity contribution in [2.75, 3.05) is 20.2 Å². The Hall–Kier alpha value is -1.07. The van der Waals surface area contributed by atoms with E-state index in [0.717, 1.165) is 25.2 Å². The number of aliphatic hydroxyl groups excluding tert-OH is 1. The minimum atomic E-state index is -0.611. The molecular weight excluding hydrogens is 266 g/mol. The predicted octanol–water partition coefficient (Wildman–Crippen LogP) is 2.77. The van der Waals surface area contributed by atoms with Gasteiger partial charge in [-0.15, -0.1) is 0 Å². The first-order chi connectivity index (χ1) is 9.95. The fraction of sp³-hybridized carbons (Fsp3) is 0.812. The van der Waals surface area contributed by atoms with Crippen LogP contribution in [0.1, 0.15) is 64.8 Å². The lowest BCUT2D eigenvalue weighted by atomic mass is 9.87. The summed E-state index contributed by atoms with van der Waals surface area (Å²) in [5.41, 5.74) is 0.514. The molecule has 0 spiro atoms. The minimum Gasteiger partial charge on any atom is -0.493 e. The number of aliphatic hydroxyl groups is 1. The molecule has 1 fully saturated rings. The standard InChI is InChI=1S/C16H29N3O2/c1-6-16(4,18-9-7-8-10-18)15(20)14-13(21-5)11-17-19(14)12(2)3/h11-12,15,20H,6-10H2,1-5H3. The fourth-order valence-electron chi connectivity index (χ4n) is 3.30. The van der Waals surface area contributed by atoms with Gasteiger partial charge in [-0.3, -0.25) is 9.58 Å². The molecule has 0 radical (unpaired) electrons. The van der Waals surface area contributed by atoms with Gasteiger partial charge in [0.05, 0.1) is 13.3 Å². The Morgan fingerprint density at radius 1 is 1.38 bits per heavy atom. The molecule has 1 aromatic rings. The maximum atomic E-state index is 11.1. The van der Waals surface area contributed by atoms with Crippen molar-refractivity contribution < 1.29 is 9.84 Å². The first-order valence-corrected chi connectivity index (χ1v) is 8.00. The lowest BCUT2D eigenvalue weighted by Gasteiger charge is -2.42. The highest BCUT2D eigenvalue weighted by Crippen LogP contribution is 2.40. The SMILES string of the molecule is CCC(C)(C(O)c1c(OC)cnn1C(C)C)N1CCCC1. The Labute approximate surface area is 127 Å². The van der Waals surface area contributed by atoms with Gasteiger partial charge in [-0.25, -0.2) is 0 Å². The molecule has 1 saturated heterocycles. The lowest BCUT2D eigenvalue weighted by Crippen LogP contribution is -2.49. The fourth-order valence-corrected chi connectivity index (χ4v) is 3.30. The summed E-state index contributed by atoms with van der Waals surface area (Å²) < 4.78 is 7.32. The molecule has 120 valence electrons. The number of hydrogen-bond acceptors (Lipinski definition) is 4. The highest BCUT2D eigenvalue weighted by molar-refractivity contribution is 5.30. The molecule has 5 heteroatoms. The van der Waals surface area contributed by atoms with E-state index in [1.54, 1.807) is 13.3 Å². The molecule has 0 aliphatic carbocycles. The molecule has 1 aromatic heterocycles. The van der Waals surface area contributed by atoms with Crippen LogP contribution in [-0.4, -0.2) is 45.5 Å². The summed E-state index contributed by atoms with van der Waals surface area (Å²) in [6.45, 7) is 10.5. The average Bonchev–Trinajstić information content (AvgIpc) is 3.14. The van der Waals surface area contributed by atoms with Crippen molar-refractivity contribution in [1.82, 2.24) is 14.7 Å². The maximum absolute atomic E-state index is 11.1. The number of methoxy groups -OCH3 is 1. The summed E-state index contributed by atoms with van der Waals surface area (Å²) in [6, 6.07) is 0.193. The summed E-state index contributed by atoms with van der Waals surface area (Å²) in [5.74, 6) is 0.676. The van der Waals surface area contributed by atoms with Crippen LogP contribution in [0.4, 0.5) is 0 Å². The van der Waals surface area contributed by atoms with Gasteiger partial charge in [0.2, 0.25) is 0 Å². The van der Waals surface area contributed by atoms with Crippen LogP contribution >= 0.6 is 0 Å². The van der Waals surface area contributed by atoms with Gasteiger partial charge in [0.25, 0.3) is 0 Å². The summed E-state index contributed by atoms with van der Waals surface area (Å²) >= 11 is 0. The zero-order valence-corrected chi connectivity index (χ0v) is 14.0. The van der Waals surface area contributed by atoms with E-state index in [-0.39, 0.29) is 11.6 Å². The number of likely N-dealkylation sites (tertiary alicyclic amines) is 1. The normalized spacial score (nSPS) is 20.7. The van der Waals surface area contributed by atoms with Crippen molar-refractivity contribution in [3.8, 4) is 5.75 Å². The first-order valence-electron chi connectivity index (χ1n) is 8.00. The molecule has 0 aromatic carbocycles. The summed E-state index contributed by atoms with van der Waals surface area (Å²) in [5, 5.41) is 15.5. The van der Waals surface area contributed by atoms with Crippen LogP contribution in [0, 0.1) is 0 Å². The number of rotatable bonds is 6. The van der Waals surface area contributed by atoms with Crippen molar-refractivity contribution in [3.05, 3.63) is 11.9 Å². The first kappa shape index (κ1) is 16.3. The number of hydrogen-bond donors (Lipinski definition) is 1. The molecule has 1 aliphatic rings. The predicted molar refractivity (Wildman–Crippen MR) is 83.6 cm³/mol. The van der Waals surface area contributed by atoms with Crippen LogP contribution in [0.2, 0.25) is 0 Å². The molecule has 2 heterocycles. The summed E-state index contributed by atoms with van der Waals surface area (Å²) in [7, 11) is 1.64. The summed E-state index contributed by atoms with van der Waals surface area (Å²) in [6.07, 6.45) is 4.41. The highest BCUT2D eigenvalue weighted by Gasteiger charge is 2.42. The van der Waals surface area contributed by atoms with E-state index >= 15 is 0 Å². The maximum Gasteiger partial charge on any atom is 0.162 e. The second-order valence-electron chi connectivity index (χ2n) is 6.44. The van der Waals surface area contributed by atoms with Crippen LogP contribution in [0.25, 0.3) is 0 Å². The zero-order chi connectivity index (χ0) is 15.6. The number of ether oxygens (including phenoxy) is 1. The third kappa shape index (κ3) is 2.81. The van der Waals surface area contributed by atoms with Crippen LogP contribution < -0.4 is 4.74 Å². The topological polar surface area (TPSA) is 50.5 Å². The molecule has 2 atom stereocenters. The van der Waals surface area contributed by atoms with Crippen molar-refractivity contribution >= 4 is 0 Å². The van der Waals surface area contributed by atoms with Crippen molar-refractivity contribution in [2.24, 2.45) is 0 Å². The van der Waals surface area contributed by atoms with E-state index < -0.39 is 6.10 Å².